The highest BCUT2D eigenvalue weighted by Gasteiger charge is 2.35. The Balaban J connectivity index is 1.25. The Bertz CT molecular complexity index is 1680. The molecular formula is C31H32N8. The Labute approximate surface area is 227 Å². The largest absolute Gasteiger partial charge is 0.335 e. The Morgan fingerprint density at radius 1 is 1.05 bits per heavy atom. The fraction of sp³-hybridized carbons (Fsp3) is 0.290. The number of likely N-dealkylation sites (tertiary alicyclic amines) is 1. The fourth-order valence-corrected chi connectivity index (χ4v) is 5.68. The molecule has 4 aromatic rings. The Morgan fingerprint density at radius 2 is 1.95 bits per heavy atom. The number of piperidine rings is 1. The summed E-state index contributed by atoms with van der Waals surface area (Å²) in [6.07, 6.45) is 18.5. The molecule has 7 heterocycles. The molecule has 0 aliphatic carbocycles. The van der Waals surface area contributed by atoms with Gasteiger partial charge in [-0.25, -0.2) is 9.97 Å². The van der Waals surface area contributed by atoms with Crippen molar-refractivity contribution in [2.45, 2.75) is 39.7 Å². The maximum Gasteiger partial charge on any atom is 0.163 e. The van der Waals surface area contributed by atoms with E-state index in [-0.39, 0.29) is 0 Å². The van der Waals surface area contributed by atoms with Crippen molar-refractivity contribution < 1.29 is 0 Å². The third kappa shape index (κ3) is 4.40. The second-order valence-electron chi connectivity index (χ2n) is 10.4. The van der Waals surface area contributed by atoms with Crippen LogP contribution in [0.25, 0.3) is 39.4 Å². The topological polar surface area (TPSA) is 89.4 Å². The molecule has 0 atom stereocenters. The van der Waals surface area contributed by atoms with Gasteiger partial charge in [-0.2, -0.15) is 5.10 Å². The molecule has 4 aromatic heterocycles. The monoisotopic (exact) mass is 516 g/mol. The number of pyridine rings is 2. The molecular weight excluding hydrogens is 484 g/mol. The second kappa shape index (κ2) is 9.78. The van der Waals surface area contributed by atoms with E-state index in [1.165, 1.54) is 30.5 Å². The molecule has 0 radical (unpaired) electrons. The molecule has 0 aromatic carbocycles. The molecule has 2 saturated heterocycles. The minimum Gasteiger partial charge on any atom is -0.335 e. The molecule has 8 heteroatoms. The molecule has 0 saturated carbocycles. The summed E-state index contributed by atoms with van der Waals surface area (Å²) < 4.78 is 0. The van der Waals surface area contributed by atoms with Gasteiger partial charge in [-0.05, 0) is 75.2 Å². The SMILES string of the molecule is C/C=C\C(=C/C)C1=CC=C2CN2c2nc(-c3n[nH]c4ccc(-c5cncc(CN6CCCCC6)c5)nc34)[nH]c21. The van der Waals surface area contributed by atoms with Crippen LogP contribution >= 0.6 is 0 Å². The van der Waals surface area contributed by atoms with E-state index in [2.05, 4.69) is 73.3 Å². The summed E-state index contributed by atoms with van der Waals surface area (Å²) in [5.41, 5.74) is 10.1. The molecule has 8 nitrogen and oxygen atoms in total. The van der Waals surface area contributed by atoms with E-state index in [1.807, 2.05) is 31.5 Å². The van der Waals surface area contributed by atoms with Crippen molar-refractivity contribution in [1.82, 2.24) is 35.0 Å². The van der Waals surface area contributed by atoms with Crippen LogP contribution in [0.1, 0.15) is 44.4 Å². The first kappa shape index (κ1) is 23.8. The summed E-state index contributed by atoms with van der Waals surface area (Å²) in [7, 11) is 0. The van der Waals surface area contributed by atoms with Gasteiger partial charge in [0.1, 0.15) is 5.52 Å². The molecule has 7 rings (SSSR count). The molecule has 0 bridgehead atoms. The van der Waals surface area contributed by atoms with Crippen molar-refractivity contribution in [2.24, 2.45) is 0 Å². The highest BCUT2D eigenvalue weighted by Crippen LogP contribution is 2.42. The highest BCUT2D eigenvalue weighted by molar-refractivity contribution is 5.93. The first-order valence-electron chi connectivity index (χ1n) is 13.8. The lowest BCUT2D eigenvalue weighted by atomic mass is 10.0. The van der Waals surface area contributed by atoms with E-state index in [0.29, 0.717) is 5.82 Å². The molecule has 0 unspecified atom stereocenters. The molecule has 3 aliphatic heterocycles. The van der Waals surface area contributed by atoms with E-state index in [1.54, 1.807) is 0 Å². The zero-order valence-corrected chi connectivity index (χ0v) is 22.4. The third-order valence-electron chi connectivity index (χ3n) is 7.76. The molecule has 0 amide bonds. The molecule has 2 N–H and O–H groups in total. The summed E-state index contributed by atoms with van der Waals surface area (Å²) in [6.45, 7) is 8.26. The van der Waals surface area contributed by atoms with E-state index in [0.717, 1.165) is 76.8 Å². The van der Waals surface area contributed by atoms with Gasteiger partial charge >= 0.3 is 0 Å². The zero-order valence-electron chi connectivity index (χ0n) is 22.4. The lowest BCUT2D eigenvalue weighted by molar-refractivity contribution is 0.220. The predicted octanol–water partition coefficient (Wildman–Crippen LogP) is 6.02. The Morgan fingerprint density at radius 3 is 2.79 bits per heavy atom. The van der Waals surface area contributed by atoms with Gasteiger partial charge in [0.05, 0.1) is 23.4 Å². The number of hydrogen-bond acceptors (Lipinski definition) is 6. The first-order valence-corrected chi connectivity index (χ1v) is 13.8. The van der Waals surface area contributed by atoms with Crippen LogP contribution in [0.4, 0.5) is 5.82 Å². The maximum atomic E-state index is 5.05. The summed E-state index contributed by atoms with van der Waals surface area (Å²) >= 11 is 0. The molecule has 39 heavy (non-hydrogen) atoms. The summed E-state index contributed by atoms with van der Waals surface area (Å²) in [4.78, 5) is 23.0. The summed E-state index contributed by atoms with van der Waals surface area (Å²) in [5.74, 6) is 1.65. The zero-order chi connectivity index (χ0) is 26.3. The Kier molecular flexibility index (Phi) is 5.97. The van der Waals surface area contributed by atoms with Gasteiger partial charge < -0.3 is 9.88 Å². The van der Waals surface area contributed by atoms with Gasteiger partial charge in [0.15, 0.2) is 17.3 Å². The van der Waals surface area contributed by atoms with Crippen LogP contribution in [-0.4, -0.2) is 54.7 Å². The van der Waals surface area contributed by atoms with E-state index in [9.17, 15) is 0 Å². The standard InChI is InChI=1S/C31H32N8/c1-3-8-21(4-2)24-10-9-23-19-39(23)31-27(24)34-30(35-31)29-28-26(36-37-29)12-11-25(33-28)22-15-20(16-32-17-22)18-38-13-6-5-7-14-38/h3-4,8-12,15-17H,5-7,13-14,18-19H2,1-2H3,(H,34,35)(H,36,37)/b8-3-,21-4+. The number of imidazole rings is 1. The van der Waals surface area contributed by atoms with Crippen LogP contribution in [0.15, 0.2) is 72.2 Å². The number of allylic oxidation sites excluding steroid dienone is 7. The first-order chi connectivity index (χ1) is 19.2. The smallest absolute Gasteiger partial charge is 0.163 e. The van der Waals surface area contributed by atoms with Crippen molar-refractivity contribution >= 4 is 22.4 Å². The number of nitrogens with zero attached hydrogens (tertiary/aromatic N) is 6. The highest BCUT2D eigenvalue weighted by atomic mass is 15.3. The number of fused-ring (bicyclic) bond motifs is 4. The van der Waals surface area contributed by atoms with Crippen molar-refractivity contribution in [3.63, 3.8) is 0 Å². The van der Waals surface area contributed by atoms with Crippen molar-refractivity contribution in [3.8, 4) is 22.8 Å². The fourth-order valence-electron chi connectivity index (χ4n) is 5.68. The Hall–Kier alpha value is -4.30. The number of H-pyrrole nitrogens is 2. The maximum absolute atomic E-state index is 5.05. The van der Waals surface area contributed by atoms with Crippen LogP contribution in [0.3, 0.4) is 0 Å². The van der Waals surface area contributed by atoms with Gasteiger partial charge in [0.25, 0.3) is 0 Å². The van der Waals surface area contributed by atoms with Crippen molar-refractivity contribution in [1.29, 1.82) is 0 Å². The minimum atomic E-state index is 0.711. The molecule has 196 valence electrons. The van der Waals surface area contributed by atoms with Crippen molar-refractivity contribution in [2.75, 3.05) is 24.5 Å². The number of rotatable bonds is 6. The normalized spacial score (nSPS) is 17.7. The summed E-state index contributed by atoms with van der Waals surface area (Å²) in [5, 5.41) is 7.80. The molecule has 3 aliphatic rings. The van der Waals surface area contributed by atoms with E-state index < -0.39 is 0 Å². The number of nitrogens with one attached hydrogen (secondary N) is 2. The summed E-state index contributed by atoms with van der Waals surface area (Å²) in [6, 6.07) is 6.29. The second-order valence-corrected chi connectivity index (χ2v) is 10.4. The van der Waals surface area contributed by atoms with Crippen LogP contribution in [-0.2, 0) is 6.54 Å². The number of anilines is 1. The molecule has 0 spiro atoms. The lowest BCUT2D eigenvalue weighted by Gasteiger charge is -2.26. The minimum absolute atomic E-state index is 0.711. The average Bonchev–Trinajstić information content (AvgIpc) is 3.45. The van der Waals surface area contributed by atoms with Crippen molar-refractivity contribution in [3.05, 3.63) is 83.5 Å². The van der Waals surface area contributed by atoms with Gasteiger partial charge in [-0.15, -0.1) is 0 Å². The molecule has 2 fully saturated rings. The average molecular weight is 517 g/mol. The van der Waals surface area contributed by atoms with E-state index >= 15 is 0 Å². The van der Waals surface area contributed by atoms with Gasteiger partial charge in [0.2, 0.25) is 0 Å². The quantitative estimate of drug-likeness (QED) is 0.241. The number of hydrogen-bond donors (Lipinski definition) is 2. The van der Waals surface area contributed by atoms with Gasteiger partial charge in [-0.1, -0.05) is 30.7 Å². The predicted molar refractivity (Wildman–Crippen MR) is 156 cm³/mol. The van der Waals surface area contributed by atoms with Crippen LogP contribution in [0.2, 0.25) is 0 Å². The van der Waals surface area contributed by atoms with E-state index in [4.69, 9.17) is 9.97 Å². The van der Waals surface area contributed by atoms with Gasteiger partial charge in [-0.3, -0.25) is 15.0 Å². The number of aromatic amines is 2. The van der Waals surface area contributed by atoms with Crippen LogP contribution in [0.5, 0.6) is 0 Å². The third-order valence-corrected chi connectivity index (χ3v) is 7.76. The van der Waals surface area contributed by atoms with Crippen LogP contribution < -0.4 is 4.90 Å². The number of aromatic nitrogens is 6. The van der Waals surface area contributed by atoms with Crippen LogP contribution in [0, 0.1) is 0 Å². The lowest BCUT2D eigenvalue weighted by Crippen LogP contribution is -2.29. The van der Waals surface area contributed by atoms with Gasteiger partial charge in [0, 0.05) is 35.8 Å².